The van der Waals surface area contributed by atoms with Crippen LogP contribution in [-0.2, 0) is 4.79 Å². The molecule has 1 atom stereocenters. The van der Waals surface area contributed by atoms with Gasteiger partial charge in [-0.3, -0.25) is 14.7 Å². The molecular formula is C11H15N5O2. The molecule has 1 aliphatic carbocycles. The summed E-state index contributed by atoms with van der Waals surface area (Å²) < 4.78 is 0. The average molecular weight is 249 g/mol. The number of carbonyl (C=O) groups is 2. The molecule has 0 radical (unpaired) electrons. The van der Waals surface area contributed by atoms with Gasteiger partial charge in [-0.15, -0.1) is 5.10 Å². The van der Waals surface area contributed by atoms with Gasteiger partial charge in [0.25, 0.3) is 5.91 Å². The fourth-order valence-corrected chi connectivity index (χ4v) is 2.02. The van der Waals surface area contributed by atoms with Gasteiger partial charge in [-0.25, -0.2) is 4.98 Å². The number of aromatic nitrogens is 3. The maximum atomic E-state index is 11.9. The molecule has 1 saturated heterocycles. The van der Waals surface area contributed by atoms with Crippen molar-refractivity contribution in [3.63, 3.8) is 0 Å². The lowest BCUT2D eigenvalue weighted by Crippen LogP contribution is -2.47. The Bertz CT molecular complexity index is 470. The second-order valence-corrected chi connectivity index (χ2v) is 4.83. The monoisotopic (exact) mass is 249 g/mol. The van der Waals surface area contributed by atoms with Crippen molar-refractivity contribution in [3.8, 4) is 0 Å². The molecule has 1 aromatic rings. The Kier molecular flexibility index (Phi) is 2.73. The number of amides is 2. The number of rotatable bonds is 3. The van der Waals surface area contributed by atoms with E-state index in [0.29, 0.717) is 25.3 Å². The first kappa shape index (κ1) is 11.2. The molecule has 3 N–H and O–H groups in total. The van der Waals surface area contributed by atoms with Crippen LogP contribution in [0.15, 0.2) is 0 Å². The predicted octanol–water partition coefficient (Wildman–Crippen LogP) is -0.310. The van der Waals surface area contributed by atoms with E-state index in [9.17, 15) is 9.59 Å². The quantitative estimate of drug-likeness (QED) is 0.684. The van der Waals surface area contributed by atoms with Gasteiger partial charge in [-0.05, 0) is 19.3 Å². The largest absolute Gasteiger partial charge is 0.354 e. The molecule has 0 bridgehead atoms. The molecular weight excluding hydrogens is 234 g/mol. The number of hydrogen-bond donors (Lipinski definition) is 3. The lowest BCUT2D eigenvalue weighted by atomic mass is 10.1. The molecule has 2 amide bonds. The number of carbonyl (C=O) groups excluding carboxylic acids is 2. The Balaban J connectivity index is 1.58. The Morgan fingerprint density at radius 1 is 1.33 bits per heavy atom. The van der Waals surface area contributed by atoms with Gasteiger partial charge in [0.1, 0.15) is 5.82 Å². The van der Waals surface area contributed by atoms with Crippen LogP contribution < -0.4 is 10.6 Å². The van der Waals surface area contributed by atoms with Crippen LogP contribution in [0.2, 0.25) is 0 Å². The number of H-pyrrole nitrogens is 1. The third kappa shape index (κ3) is 2.34. The first-order valence-electron chi connectivity index (χ1n) is 6.22. The van der Waals surface area contributed by atoms with Crippen molar-refractivity contribution in [1.82, 2.24) is 25.8 Å². The van der Waals surface area contributed by atoms with E-state index in [2.05, 4.69) is 25.8 Å². The van der Waals surface area contributed by atoms with Crippen LogP contribution in [0.4, 0.5) is 0 Å². The summed E-state index contributed by atoms with van der Waals surface area (Å²) in [5.41, 5.74) is 0. The molecule has 18 heavy (non-hydrogen) atoms. The van der Waals surface area contributed by atoms with Gasteiger partial charge in [-0.1, -0.05) is 0 Å². The SMILES string of the molecule is O=C1CCC(NC(=O)c2n[nH]c(C3CC3)n2)CN1. The van der Waals surface area contributed by atoms with Crippen molar-refractivity contribution < 1.29 is 9.59 Å². The molecule has 0 spiro atoms. The number of nitrogens with one attached hydrogen (secondary N) is 3. The summed E-state index contributed by atoms with van der Waals surface area (Å²) in [6.45, 7) is 0.477. The Labute approximate surface area is 104 Å². The molecule has 3 rings (SSSR count). The number of aromatic amines is 1. The molecule has 2 heterocycles. The highest BCUT2D eigenvalue weighted by atomic mass is 16.2. The summed E-state index contributed by atoms with van der Waals surface area (Å²) in [6, 6.07) is -0.0296. The van der Waals surface area contributed by atoms with Crippen molar-refractivity contribution >= 4 is 11.8 Å². The predicted molar refractivity (Wildman–Crippen MR) is 61.9 cm³/mol. The van der Waals surface area contributed by atoms with Crippen molar-refractivity contribution in [2.24, 2.45) is 0 Å². The minimum Gasteiger partial charge on any atom is -0.354 e. The molecule has 7 nitrogen and oxygen atoms in total. The average Bonchev–Trinajstić information content (AvgIpc) is 3.10. The second kappa shape index (κ2) is 4.40. The molecule has 1 aliphatic heterocycles. The van der Waals surface area contributed by atoms with Crippen LogP contribution in [0.25, 0.3) is 0 Å². The normalized spacial score (nSPS) is 23.6. The first-order valence-corrected chi connectivity index (χ1v) is 6.22. The fourth-order valence-electron chi connectivity index (χ4n) is 2.02. The number of hydrogen-bond acceptors (Lipinski definition) is 4. The Morgan fingerprint density at radius 3 is 2.83 bits per heavy atom. The van der Waals surface area contributed by atoms with Gasteiger partial charge in [0.05, 0.1) is 0 Å². The van der Waals surface area contributed by atoms with Crippen LogP contribution in [0.5, 0.6) is 0 Å². The molecule has 7 heteroatoms. The van der Waals surface area contributed by atoms with E-state index in [4.69, 9.17) is 0 Å². The summed E-state index contributed by atoms with van der Waals surface area (Å²) in [5.74, 6) is 1.20. The Morgan fingerprint density at radius 2 is 2.17 bits per heavy atom. The van der Waals surface area contributed by atoms with E-state index in [0.717, 1.165) is 18.7 Å². The third-order valence-electron chi connectivity index (χ3n) is 3.27. The fraction of sp³-hybridized carbons (Fsp3) is 0.636. The van der Waals surface area contributed by atoms with E-state index < -0.39 is 0 Å². The lowest BCUT2D eigenvalue weighted by molar-refractivity contribution is -0.122. The summed E-state index contributed by atoms with van der Waals surface area (Å²) in [4.78, 5) is 27.1. The van der Waals surface area contributed by atoms with E-state index in [-0.39, 0.29) is 23.7 Å². The van der Waals surface area contributed by atoms with Gasteiger partial charge < -0.3 is 10.6 Å². The highest BCUT2D eigenvalue weighted by Crippen LogP contribution is 2.37. The van der Waals surface area contributed by atoms with Gasteiger partial charge in [0.15, 0.2) is 0 Å². The summed E-state index contributed by atoms with van der Waals surface area (Å²) >= 11 is 0. The maximum absolute atomic E-state index is 11.9. The second-order valence-electron chi connectivity index (χ2n) is 4.83. The Hall–Kier alpha value is -1.92. The minimum absolute atomic E-state index is 0.0296. The van der Waals surface area contributed by atoms with E-state index in [1.54, 1.807) is 0 Å². The minimum atomic E-state index is -0.278. The zero-order valence-electron chi connectivity index (χ0n) is 9.90. The standard InChI is InChI=1S/C11H15N5O2/c17-8-4-3-7(5-12-8)13-11(18)10-14-9(15-16-10)6-1-2-6/h6-7H,1-5H2,(H,12,17)(H,13,18)(H,14,15,16). The zero-order chi connectivity index (χ0) is 12.5. The van der Waals surface area contributed by atoms with Gasteiger partial charge in [0, 0.05) is 24.9 Å². The van der Waals surface area contributed by atoms with Crippen molar-refractivity contribution in [1.29, 1.82) is 0 Å². The first-order chi connectivity index (χ1) is 8.72. The van der Waals surface area contributed by atoms with Crippen LogP contribution in [0.1, 0.15) is 48.0 Å². The third-order valence-corrected chi connectivity index (χ3v) is 3.27. The summed E-state index contributed by atoms with van der Waals surface area (Å²) in [7, 11) is 0. The number of piperidine rings is 1. The highest BCUT2D eigenvalue weighted by Gasteiger charge is 2.28. The van der Waals surface area contributed by atoms with Crippen LogP contribution in [0.3, 0.4) is 0 Å². The topological polar surface area (TPSA) is 99.8 Å². The van der Waals surface area contributed by atoms with E-state index in [1.165, 1.54) is 0 Å². The molecule has 2 fully saturated rings. The molecule has 96 valence electrons. The smallest absolute Gasteiger partial charge is 0.291 e. The van der Waals surface area contributed by atoms with Gasteiger partial charge in [-0.2, -0.15) is 0 Å². The van der Waals surface area contributed by atoms with Crippen molar-refractivity contribution in [2.45, 2.75) is 37.6 Å². The molecule has 1 saturated carbocycles. The summed E-state index contributed by atoms with van der Waals surface area (Å²) in [6.07, 6.45) is 3.35. The van der Waals surface area contributed by atoms with Crippen LogP contribution >= 0.6 is 0 Å². The van der Waals surface area contributed by atoms with Crippen molar-refractivity contribution in [2.75, 3.05) is 6.54 Å². The highest BCUT2D eigenvalue weighted by molar-refractivity contribution is 5.90. The van der Waals surface area contributed by atoms with Gasteiger partial charge >= 0.3 is 0 Å². The van der Waals surface area contributed by atoms with Gasteiger partial charge in [0.2, 0.25) is 11.7 Å². The van der Waals surface area contributed by atoms with E-state index in [1.807, 2.05) is 0 Å². The maximum Gasteiger partial charge on any atom is 0.291 e. The summed E-state index contributed by atoms with van der Waals surface area (Å²) in [5, 5.41) is 12.3. The molecule has 2 aliphatic rings. The number of nitrogens with zero attached hydrogens (tertiary/aromatic N) is 2. The molecule has 1 unspecified atom stereocenters. The molecule has 1 aromatic heterocycles. The van der Waals surface area contributed by atoms with Crippen LogP contribution in [-0.4, -0.2) is 39.6 Å². The van der Waals surface area contributed by atoms with Crippen LogP contribution in [0, 0.1) is 0 Å². The zero-order valence-corrected chi connectivity index (χ0v) is 9.90. The molecule has 0 aromatic carbocycles. The lowest BCUT2D eigenvalue weighted by Gasteiger charge is -2.22. The van der Waals surface area contributed by atoms with Crippen molar-refractivity contribution in [3.05, 3.63) is 11.6 Å². The van der Waals surface area contributed by atoms with E-state index >= 15 is 0 Å².